The van der Waals surface area contributed by atoms with E-state index in [4.69, 9.17) is 5.11 Å². The van der Waals surface area contributed by atoms with Gasteiger partial charge in [-0.15, -0.1) is 0 Å². The molecule has 1 rings (SSSR count). The standard InChI is InChI=1S/C6H8N2O4S/c1-13(11,12)6(5(9)10)7-3-2-4-8-6/h2-4,7H,1H3,(H,9,10). The fourth-order valence-corrected chi connectivity index (χ4v) is 1.72. The number of aliphatic imine (C=N–C) groups is 1. The van der Waals surface area contributed by atoms with Crippen LogP contribution in [0, 0.1) is 0 Å². The fourth-order valence-electron chi connectivity index (χ4n) is 0.868. The minimum atomic E-state index is -3.85. The smallest absolute Gasteiger partial charge is 0.369 e. The zero-order valence-electron chi connectivity index (χ0n) is 6.76. The second-order valence-corrected chi connectivity index (χ2v) is 4.64. The Hall–Kier alpha value is -1.37. The van der Waals surface area contributed by atoms with Gasteiger partial charge in [-0.2, -0.15) is 0 Å². The van der Waals surface area contributed by atoms with E-state index < -0.39 is 20.8 Å². The molecule has 2 N–H and O–H groups in total. The Bertz CT molecular complexity index is 383. The third-order valence-corrected chi connectivity index (χ3v) is 3.02. The molecule has 1 aliphatic heterocycles. The number of nitrogens with one attached hydrogen (secondary N) is 1. The Morgan fingerprint density at radius 2 is 2.23 bits per heavy atom. The number of hydrogen-bond donors (Lipinski definition) is 2. The summed E-state index contributed by atoms with van der Waals surface area (Å²) in [7, 11) is -3.85. The predicted octanol–water partition coefficient (Wildman–Crippen LogP) is -1.04. The highest BCUT2D eigenvalue weighted by atomic mass is 32.2. The molecule has 7 heteroatoms. The third-order valence-electron chi connectivity index (χ3n) is 1.54. The predicted molar refractivity (Wildman–Crippen MR) is 46.0 cm³/mol. The number of carboxylic acid groups (broad SMARTS) is 1. The first kappa shape index (κ1) is 9.72. The highest BCUT2D eigenvalue weighted by Crippen LogP contribution is 2.17. The zero-order valence-corrected chi connectivity index (χ0v) is 7.58. The minimum Gasteiger partial charge on any atom is -0.477 e. The molecule has 0 amide bonds. The monoisotopic (exact) mass is 204 g/mol. The van der Waals surface area contributed by atoms with Crippen LogP contribution in [0.3, 0.4) is 0 Å². The van der Waals surface area contributed by atoms with E-state index in [2.05, 4.69) is 10.3 Å². The van der Waals surface area contributed by atoms with Crippen LogP contribution < -0.4 is 5.32 Å². The quantitative estimate of drug-likeness (QED) is 0.598. The molecule has 0 fully saturated rings. The minimum absolute atomic E-state index is 0.810. The van der Waals surface area contributed by atoms with Gasteiger partial charge >= 0.3 is 11.0 Å². The number of hydrogen-bond acceptors (Lipinski definition) is 5. The van der Waals surface area contributed by atoms with Crippen LogP contribution in [0.25, 0.3) is 0 Å². The molecule has 13 heavy (non-hydrogen) atoms. The van der Waals surface area contributed by atoms with Gasteiger partial charge in [-0.05, 0) is 6.08 Å². The molecule has 1 unspecified atom stereocenters. The van der Waals surface area contributed by atoms with Crippen LogP contribution in [-0.4, -0.2) is 37.0 Å². The van der Waals surface area contributed by atoms with Gasteiger partial charge in [0.1, 0.15) is 0 Å². The molecular formula is C6H8N2O4S. The van der Waals surface area contributed by atoms with Crippen LogP contribution in [0.4, 0.5) is 0 Å². The van der Waals surface area contributed by atoms with Gasteiger partial charge in [0, 0.05) is 18.7 Å². The van der Waals surface area contributed by atoms with Crippen molar-refractivity contribution in [3.8, 4) is 0 Å². The molecule has 0 aromatic carbocycles. The lowest BCUT2D eigenvalue weighted by Crippen LogP contribution is -2.55. The summed E-state index contributed by atoms with van der Waals surface area (Å²) >= 11 is 0. The summed E-state index contributed by atoms with van der Waals surface area (Å²) in [6.45, 7) is 0. The van der Waals surface area contributed by atoms with Crippen molar-refractivity contribution in [2.75, 3.05) is 6.26 Å². The van der Waals surface area contributed by atoms with Crippen molar-refractivity contribution >= 4 is 22.0 Å². The topological polar surface area (TPSA) is 95.8 Å². The Labute approximate surface area is 74.9 Å². The first-order chi connectivity index (χ1) is 5.90. The fraction of sp³-hybridized carbons (Fsp3) is 0.333. The van der Waals surface area contributed by atoms with E-state index in [9.17, 15) is 13.2 Å². The summed E-state index contributed by atoms with van der Waals surface area (Å²) in [5.74, 6) is -1.55. The summed E-state index contributed by atoms with van der Waals surface area (Å²) in [5, 5.41) is 10.9. The van der Waals surface area contributed by atoms with E-state index in [0.717, 1.165) is 12.5 Å². The van der Waals surface area contributed by atoms with E-state index in [1.165, 1.54) is 12.3 Å². The van der Waals surface area contributed by atoms with Crippen molar-refractivity contribution in [2.24, 2.45) is 4.99 Å². The number of rotatable bonds is 2. The van der Waals surface area contributed by atoms with Crippen molar-refractivity contribution in [2.45, 2.75) is 4.99 Å². The molecule has 1 aliphatic rings. The number of nitrogens with zero attached hydrogens (tertiary/aromatic N) is 1. The Morgan fingerprint density at radius 1 is 1.62 bits per heavy atom. The second-order valence-electron chi connectivity index (χ2n) is 2.50. The second kappa shape index (κ2) is 2.84. The van der Waals surface area contributed by atoms with Gasteiger partial charge in [-0.25, -0.2) is 18.2 Å². The first-order valence-electron chi connectivity index (χ1n) is 3.31. The number of carbonyl (C=O) groups is 1. The van der Waals surface area contributed by atoms with Crippen LogP contribution in [0.1, 0.15) is 0 Å². The molecule has 0 aliphatic carbocycles. The molecule has 0 aromatic heterocycles. The average molecular weight is 204 g/mol. The molecule has 0 aromatic rings. The summed E-state index contributed by atoms with van der Waals surface area (Å²) in [6, 6.07) is 0. The highest BCUT2D eigenvalue weighted by Gasteiger charge is 2.48. The van der Waals surface area contributed by atoms with Crippen molar-refractivity contribution in [3.05, 3.63) is 12.3 Å². The maximum Gasteiger partial charge on any atom is 0.369 e. The van der Waals surface area contributed by atoms with E-state index in [0.29, 0.717) is 0 Å². The van der Waals surface area contributed by atoms with E-state index in [-0.39, 0.29) is 0 Å². The molecule has 72 valence electrons. The highest BCUT2D eigenvalue weighted by molar-refractivity contribution is 7.92. The van der Waals surface area contributed by atoms with Gasteiger partial charge < -0.3 is 10.4 Å². The molecule has 0 saturated carbocycles. The molecule has 1 heterocycles. The third kappa shape index (κ3) is 1.42. The number of sulfone groups is 1. The van der Waals surface area contributed by atoms with Crippen LogP contribution >= 0.6 is 0 Å². The van der Waals surface area contributed by atoms with E-state index >= 15 is 0 Å². The van der Waals surface area contributed by atoms with Crippen molar-refractivity contribution in [3.63, 3.8) is 0 Å². The normalized spacial score (nSPS) is 26.8. The van der Waals surface area contributed by atoms with Crippen molar-refractivity contribution in [1.29, 1.82) is 0 Å². The lowest BCUT2D eigenvalue weighted by atomic mass is 10.4. The lowest BCUT2D eigenvalue weighted by Gasteiger charge is -2.24. The first-order valence-corrected chi connectivity index (χ1v) is 5.20. The summed E-state index contributed by atoms with van der Waals surface area (Å²) in [4.78, 5) is 11.9. The maximum absolute atomic E-state index is 11.2. The molecule has 1 atom stereocenters. The lowest BCUT2D eigenvalue weighted by molar-refractivity contribution is -0.140. The SMILES string of the molecule is CS(=O)(=O)C1(C(=O)O)N=CC=CN1. The van der Waals surface area contributed by atoms with Crippen LogP contribution in [0.2, 0.25) is 0 Å². The van der Waals surface area contributed by atoms with Crippen LogP contribution in [0.15, 0.2) is 17.3 Å². The summed E-state index contributed by atoms with van der Waals surface area (Å²) < 4.78 is 22.3. The van der Waals surface area contributed by atoms with Gasteiger partial charge in [0.05, 0.1) is 0 Å². The Balaban J connectivity index is 3.27. The maximum atomic E-state index is 11.2. The molecule has 0 saturated heterocycles. The molecular weight excluding hydrogens is 196 g/mol. The van der Waals surface area contributed by atoms with Gasteiger partial charge in [-0.1, -0.05) is 0 Å². The molecule has 0 spiro atoms. The van der Waals surface area contributed by atoms with E-state index in [1.807, 2.05) is 0 Å². The summed E-state index contributed by atoms with van der Waals surface area (Å²) in [5.41, 5.74) is 0. The van der Waals surface area contributed by atoms with Gasteiger partial charge in [0.2, 0.25) is 9.84 Å². The molecule has 0 bridgehead atoms. The number of carboxylic acids is 1. The van der Waals surface area contributed by atoms with E-state index in [1.54, 1.807) is 0 Å². The molecule has 6 nitrogen and oxygen atoms in total. The zero-order chi connectivity index (χ0) is 10.1. The number of allylic oxidation sites excluding steroid dienone is 1. The average Bonchev–Trinajstić information content (AvgIpc) is 2.03. The Morgan fingerprint density at radius 3 is 2.46 bits per heavy atom. The van der Waals surface area contributed by atoms with Crippen molar-refractivity contribution in [1.82, 2.24) is 5.32 Å². The van der Waals surface area contributed by atoms with Gasteiger partial charge in [-0.3, -0.25) is 0 Å². The Kier molecular flexibility index (Phi) is 2.12. The summed E-state index contributed by atoms with van der Waals surface area (Å²) in [6.07, 6.45) is 4.57. The van der Waals surface area contributed by atoms with Gasteiger partial charge in [0.25, 0.3) is 0 Å². The van der Waals surface area contributed by atoms with Gasteiger partial charge in [0.15, 0.2) is 0 Å². The number of aliphatic carboxylic acids is 1. The van der Waals surface area contributed by atoms with Crippen LogP contribution in [-0.2, 0) is 14.6 Å². The van der Waals surface area contributed by atoms with Crippen molar-refractivity contribution < 1.29 is 18.3 Å². The van der Waals surface area contributed by atoms with Crippen LogP contribution in [0.5, 0.6) is 0 Å². The molecule has 0 radical (unpaired) electrons. The largest absolute Gasteiger partial charge is 0.477 e.